The normalized spacial score (nSPS) is 11.3. The summed E-state index contributed by atoms with van der Waals surface area (Å²) < 4.78 is 0. The van der Waals surface area contributed by atoms with Gasteiger partial charge >= 0.3 is 0 Å². The second-order valence-corrected chi connectivity index (χ2v) is 11.4. The van der Waals surface area contributed by atoms with Crippen LogP contribution in [-0.2, 0) is 35.8 Å². The molecule has 0 aliphatic heterocycles. The van der Waals surface area contributed by atoms with Crippen LogP contribution in [0.4, 0.5) is 11.4 Å². The van der Waals surface area contributed by atoms with Gasteiger partial charge in [0.2, 0.25) is 0 Å². The smallest absolute Gasteiger partial charge is 0.0642 e. The summed E-state index contributed by atoms with van der Waals surface area (Å²) in [6.07, 6.45) is 12.7. The molecule has 0 bridgehead atoms. The predicted octanol–water partition coefficient (Wildman–Crippen LogP) is 12.3. The Morgan fingerprint density at radius 2 is 1.23 bits per heavy atom. The van der Waals surface area contributed by atoms with E-state index in [1.54, 1.807) is 0 Å². The summed E-state index contributed by atoms with van der Waals surface area (Å²) in [5, 5.41) is 0. The number of aryl methyl sites for hydroxylation is 3. The van der Waals surface area contributed by atoms with Crippen molar-refractivity contribution in [2.45, 2.75) is 92.4 Å². The number of rotatable bonds is 14. The van der Waals surface area contributed by atoms with Crippen LogP contribution in [0, 0.1) is 14.4 Å². The average Bonchev–Trinajstić information content (AvgIpc) is 3.02. The fraction of sp³-hybridized carbons (Fsp3) is 0.341. The minimum atomic E-state index is 0. The van der Waals surface area contributed by atoms with Gasteiger partial charge in [0.15, 0.2) is 0 Å². The summed E-state index contributed by atoms with van der Waals surface area (Å²) in [5.74, 6) is 0. The minimum absolute atomic E-state index is 0. The van der Waals surface area contributed by atoms with Crippen molar-refractivity contribution in [3.8, 4) is 22.3 Å². The Morgan fingerprint density at radius 3 is 1.82 bits per heavy atom. The molecule has 0 radical (unpaired) electrons. The van der Waals surface area contributed by atoms with Crippen LogP contribution in [0.25, 0.3) is 22.3 Å². The second kappa shape index (κ2) is 19.2. The van der Waals surface area contributed by atoms with Gasteiger partial charge in [-0.1, -0.05) is 107 Å². The van der Waals surface area contributed by atoms with E-state index in [1.165, 1.54) is 83.0 Å². The van der Waals surface area contributed by atoms with E-state index in [0.29, 0.717) is 0 Å². The van der Waals surface area contributed by atoms with Crippen molar-refractivity contribution < 1.29 is 16.5 Å². The maximum Gasteiger partial charge on any atom is 0.0642 e. The number of benzene rings is 4. The number of aliphatic imine (C=N–C) groups is 2. The van der Waals surface area contributed by atoms with Crippen LogP contribution in [0.3, 0.4) is 0 Å². The zero-order valence-electron chi connectivity index (χ0n) is 27.7. The molecule has 0 amide bonds. The Hall–Kier alpha value is -3.29. The first-order chi connectivity index (χ1) is 20.5. The Bertz CT molecular complexity index is 1490. The molecule has 0 atom stereocenters. The summed E-state index contributed by atoms with van der Waals surface area (Å²) >= 11 is 0. The Kier molecular flexibility index (Phi) is 16.1. The van der Waals surface area contributed by atoms with E-state index < -0.39 is 0 Å². The van der Waals surface area contributed by atoms with Gasteiger partial charge in [-0.2, -0.15) is 0 Å². The molecule has 0 spiro atoms. The number of hydrogen-bond donors (Lipinski definition) is 0. The first kappa shape index (κ1) is 36.9. The van der Waals surface area contributed by atoms with Crippen molar-refractivity contribution in [3.05, 3.63) is 115 Å². The van der Waals surface area contributed by atoms with Gasteiger partial charge in [0.05, 0.1) is 17.1 Å². The molecule has 0 saturated heterocycles. The SMILES string of the molecule is CCCCCCc1cc(N=CC(C)=Nc2cc(CC)c(-c3ccccc3)c(-c3ccccc3)c2)cc(CCCC)c1C.[CH3-].[Ni]. The molecular weight excluding hydrogens is 579 g/mol. The maximum absolute atomic E-state index is 5.05. The van der Waals surface area contributed by atoms with Gasteiger partial charge in [-0.3, -0.25) is 9.98 Å². The molecule has 0 unspecified atom stereocenters. The van der Waals surface area contributed by atoms with E-state index in [9.17, 15) is 0 Å². The van der Waals surface area contributed by atoms with Crippen LogP contribution in [0.2, 0.25) is 0 Å². The van der Waals surface area contributed by atoms with Crippen molar-refractivity contribution in [2.24, 2.45) is 9.98 Å². The Balaban J connectivity index is 0.00000337. The van der Waals surface area contributed by atoms with Gasteiger partial charge in [-0.05, 0) is 115 Å². The minimum Gasteiger partial charge on any atom is -0.358 e. The maximum atomic E-state index is 5.05. The zero-order valence-corrected chi connectivity index (χ0v) is 28.7. The molecule has 0 saturated carbocycles. The van der Waals surface area contributed by atoms with E-state index in [1.807, 2.05) is 6.21 Å². The number of hydrogen-bond acceptors (Lipinski definition) is 2. The first-order valence-corrected chi connectivity index (χ1v) is 16.0. The number of nitrogens with zero attached hydrogens (tertiary/aromatic N) is 2. The summed E-state index contributed by atoms with van der Waals surface area (Å²) in [6.45, 7) is 11.1. The molecule has 0 aliphatic carbocycles. The summed E-state index contributed by atoms with van der Waals surface area (Å²) in [7, 11) is 0. The fourth-order valence-corrected chi connectivity index (χ4v) is 5.75. The van der Waals surface area contributed by atoms with E-state index in [4.69, 9.17) is 9.98 Å². The van der Waals surface area contributed by atoms with E-state index in [-0.39, 0.29) is 23.9 Å². The third-order valence-electron chi connectivity index (χ3n) is 8.15. The summed E-state index contributed by atoms with van der Waals surface area (Å²) in [5.41, 5.74) is 13.6. The second-order valence-electron chi connectivity index (χ2n) is 11.4. The van der Waals surface area contributed by atoms with Gasteiger partial charge in [0, 0.05) is 22.7 Å². The van der Waals surface area contributed by atoms with Gasteiger partial charge in [0.1, 0.15) is 0 Å². The van der Waals surface area contributed by atoms with Gasteiger partial charge < -0.3 is 7.43 Å². The third kappa shape index (κ3) is 10.1. The van der Waals surface area contributed by atoms with Gasteiger partial charge in [-0.25, -0.2) is 0 Å². The third-order valence-corrected chi connectivity index (χ3v) is 8.15. The molecule has 2 nitrogen and oxygen atoms in total. The van der Waals surface area contributed by atoms with Gasteiger partial charge in [-0.15, -0.1) is 0 Å². The molecule has 3 heteroatoms. The van der Waals surface area contributed by atoms with E-state index in [0.717, 1.165) is 36.3 Å². The molecule has 0 N–H and O–H groups in total. The van der Waals surface area contributed by atoms with Crippen LogP contribution in [0.15, 0.2) is 94.9 Å². The molecule has 0 aromatic heterocycles. The molecule has 4 rings (SSSR count). The Morgan fingerprint density at radius 1 is 0.659 bits per heavy atom. The van der Waals surface area contributed by atoms with Crippen LogP contribution < -0.4 is 0 Å². The van der Waals surface area contributed by atoms with Gasteiger partial charge in [0.25, 0.3) is 0 Å². The van der Waals surface area contributed by atoms with Crippen molar-refractivity contribution in [2.75, 3.05) is 0 Å². The molecular formula is C41H51N2Ni-. The van der Waals surface area contributed by atoms with Crippen LogP contribution in [0.5, 0.6) is 0 Å². The average molecular weight is 631 g/mol. The topological polar surface area (TPSA) is 24.7 Å². The molecule has 44 heavy (non-hydrogen) atoms. The first-order valence-electron chi connectivity index (χ1n) is 16.0. The van der Waals surface area contributed by atoms with E-state index in [2.05, 4.69) is 120 Å². The predicted molar refractivity (Wildman–Crippen MR) is 192 cm³/mol. The van der Waals surface area contributed by atoms with Crippen LogP contribution in [-0.4, -0.2) is 11.9 Å². The summed E-state index contributed by atoms with van der Waals surface area (Å²) in [4.78, 5) is 10.0. The zero-order chi connectivity index (χ0) is 29.7. The van der Waals surface area contributed by atoms with Crippen molar-refractivity contribution in [1.82, 2.24) is 0 Å². The Labute approximate surface area is 278 Å². The largest absolute Gasteiger partial charge is 0.358 e. The van der Waals surface area contributed by atoms with E-state index >= 15 is 0 Å². The van der Waals surface area contributed by atoms with Crippen LogP contribution in [0.1, 0.15) is 88.5 Å². The monoisotopic (exact) mass is 629 g/mol. The molecule has 236 valence electrons. The molecule has 0 aliphatic rings. The number of unbranched alkanes of at least 4 members (excludes halogenated alkanes) is 4. The molecule has 0 heterocycles. The van der Waals surface area contributed by atoms with Crippen LogP contribution >= 0.6 is 0 Å². The fourth-order valence-electron chi connectivity index (χ4n) is 5.75. The van der Waals surface area contributed by atoms with Crippen molar-refractivity contribution in [3.63, 3.8) is 0 Å². The van der Waals surface area contributed by atoms with Crippen molar-refractivity contribution >= 4 is 23.3 Å². The van der Waals surface area contributed by atoms with Crippen molar-refractivity contribution in [1.29, 1.82) is 0 Å². The molecule has 4 aromatic rings. The standard InChI is InChI=1S/C40H48N2.CH3.Ni/c1-6-9-11-14-24-36-27-37(26-35(31(36)5)19-10-7-2)41-29-30(4)42-38-25-32(8-3)40(34-22-17-13-18-23-34)39(28-38)33-20-15-12-16-21-33;;/h12-13,15-18,20-23,25-29H,6-11,14,19,24H2,1-5H3;1H3;/q;-1;. The summed E-state index contributed by atoms with van der Waals surface area (Å²) in [6, 6.07) is 30.5. The molecule has 0 fully saturated rings. The quantitative estimate of drug-likeness (QED) is 0.0573. The molecule has 4 aromatic carbocycles.